The average molecular weight is 239 g/mol. The van der Waals surface area contributed by atoms with Gasteiger partial charge >= 0.3 is 0 Å². The van der Waals surface area contributed by atoms with E-state index in [1.54, 1.807) is 0 Å². The molecule has 0 spiro atoms. The number of hydrogen-bond donors (Lipinski definition) is 1. The number of nitrogens with one attached hydrogen (secondary N) is 1. The molecule has 2 unspecified atom stereocenters. The molecule has 2 rings (SSSR count). The van der Waals surface area contributed by atoms with Crippen LogP contribution in [0.15, 0.2) is 0 Å². The van der Waals surface area contributed by atoms with Crippen molar-refractivity contribution in [3.63, 3.8) is 0 Å². The molecule has 0 radical (unpaired) electrons. The van der Waals surface area contributed by atoms with Crippen LogP contribution in [0.5, 0.6) is 0 Å². The van der Waals surface area contributed by atoms with E-state index in [9.17, 15) is 0 Å². The van der Waals surface area contributed by atoms with Crippen LogP contribution in [0.1, 0.15) is 32.6 Å². The van der Waals surface area contributed by atoms with E-state index in [0.29, 0.717) is 0 Å². The Kier molecular flexibility index (Phi) is 5.26. The van der Waals surface area contributed by atoms with Gasteiger partial charge in [-0.25, -0.2) is 0 Å². The van der Waals surface area contributed by atoms with Crippen molar-refractivity contribution in [1.82, 2.24) is 15.1 Å². The predicted molar refractivity (Wildman–Crippen MR) is 73.4 cm³/mol. The van der Waals surface area contributed by atoms with Gasteiger partial charge in [0.1, 0.15) is 0 Å². The summed E-state index contributed by atoms with van der Waals surface area (Å²) >= 11 is 0. The largest absolute Gasteiger partial charge is 0.316 e. The molecule has 2 saturated heterocycles. The minimum absolute atomic E-state index is 0.789. The first kappa shape index (κ1) is 13.3. The second-order valence-electron chi connectivity index (χ2n) is 5.84. The second-order valence-corrected chi connectivity index (χ2v) is 5.84. The monoisotopic (exact) mass is 239 g/mol. The highest BCUT2D eigenvalue weighted by Gasteiger charge is 2.22. The van der Waals surface area contributed by atoms with E-state index in [1.165, 1.54) is 65.0 Å². The molecule has 17 heavy (non-hydrogen) atoms. The molecule has 2 fully saturated rings. The van der Waals surface area contributed by atoms with Crippen LogP contribution in [0.4, 0.5) is 0 Å². The average Bonchev–Trinajstić information content (AvgIpc) is 2.84. The molecule has 0 saturated carbocycles. The molecular weight excluding hydrogens is 210 g/mol. The summed E-state index contributed by atoms with van der Waals surface area (Å²) in [5.74, 6) is 0.962. The summed E-state index contributed by atoms with van der Waals surface area (Å²) in [6.45, 7) is 9.96. The fourth-order valence-corrected chi connectivity index (χ4v) is 3.22. The van der Waals surface area contributed by atoms with E-state index in [2.05, 4.69) is 29.1 Å². The lowest BCUT2D eigenvalue weighted by atomic mass is 10.0. The predicted octanol–water partition coefficient (Wildman–Crippen LogP) is 1.40. The highest BCUT2D eigenvalue weighted by Crippen LogP contribution is 2.16. The van der Waals surface area contributed by atoms with Crippen LogP contribution in [0.3, 0.4) is 0 Å². The van der Waals surface area contributed by atoms with Crippen LogP contribution in [-0.4, -0.2) is 62.2 Å². The zero-order valence-electron chi connectivity index (χ0n) is 11.6. The van der Waals surface area contributed by atoms with E-state index in [0.717, 1.165) is 12.0 Å². The van der Waals surface area contributed by atoms with Crippen molar-refractivity contribution in [3.8, 4) is 0 Å². The van der Waals surface area contributed by atoms with E-state index in [1.807, 2.05) is 0 Å². The zero-order valence-corrected chi connectivity index (χ0v) is 11.6. The van der Waals surface area contributed by atoms with Gasteiger partial charge in [-0.1, -0.05) is 6.92 Å². The molecule has 0 aromatic rings. The highest BCUT2D eigenvalue weighted by molar-refractivity contribution is 4.79. The number of hydrogen-bond acceptors (Lipinski definition) is 3. The van der Waals surface area contributed by atoms with E-state index in [4.69, 9.17) is 0 Å². The molecule has 0 aliphatic carbocycles. The first-order valence-electron chi connectivity index (χ1n) is 7.43. The molecule has 1 N–H and O–H groups in total. The number of rotatable bonds is 5. The van der Waals surface area contributed by atoms with Gasteiger partial charge < -0.3 is 15.1 Å². The summed E-state index contributed by atoms with van der Waals surface area (Å²) in [5, 5.41) is 3.46. The van der Waals surface area contributed by atoms with Gasteiger partial charge in [-0.3, -0.25) is 0 Å². The van der Waals surface area contributed by atoms with Gasteiger partial charge in [0.15, 0.2) is 0 Å². The Labute approximate surface area is 107 Å². The van der Waals surface area contributed by atoms with Crippen molar-refractivity contribution in [2.45, 2.75) is 38.6 Å². The number of nitrogens with zero attached hydrogens (tertiary/aromatic N) is 2. The standard InChI is InChI=1S/C14H29N3/c1-3-14-12-17(10-9-16(14)2)8-4-5-13-6-7-15-11-13/h13-15H,3-12H2,1-2H3. The smallest absolute Gasteiger partial charge is 0.0218 e. The number of piperazine rings is 1. The summed E-state index contributed by atoms with van der Waals surface area (Å²) in [5.41, 5.74) is 0. The second kappa shape index (κ2) is 6.72. The molecule has 3 nitrogen and oxygen atoms in total. The normalized spacial score (nSPS) is 32.1. The van der Waals surface area contributed by atoms with Gasteiger partial charge in [0.25, 0.3) is 0 Å². The third-order valence-corrected chi connectivity index (χ3v) is 4.58. The SMILES string of the molecule is CCC1CN(CCCC2CCNC2)CCN1C. The Morgan fingerprint density at radius 2 is 2.18 bits per heavy atom. The fraction of sp³-hybridized carbons (Fsp3) is 1.00. The summed E-state index contributed by atoms with van der Waals surface area (Å²) in [6, 6.07) is 0.789. The van der Waals surface area contributed by atoms with E-state index >= 15 is 0 Å². The summed E-state index contributed by atoms with van der Waals surface area (Å²) in [6.07, 6.45) is 5.52. The molecular formula is C14H29N3. The lowest BCUT2D eigenvalue weighted by Gasteiger charge is -2.39. The molecule has 2 aliphatic heterocycles. The van der Waals surface area contributed by atoms with Crippen molar-refractivity contribution in [2.24, 2.45) is 5.92 Å². The van der Waals surface area contributed by atoms with Crippen LogP contribution in [-0.2, 0) is 0 Å². The third-order valence-electron chi connectivity index (χ3n) is 4.58. The molecule has 2 atom stereocenters. The van der Waals surface area contributed by atoms with Gasteiger partial charge in [-0.05, 0) is 58.3 Å². The van der Waals surface area contributed by atoms with Crippen molar-refractivity contribution >= 4 is 0 Å². The van der Waals surface area contributed by atoms with Gasteiger partial charge in [-0.15, -0.1) is 0 Å². The molecule has 0 bridgehead atoms. The van der Waals surface area contributed by atoms with Crippen molar-refractivity contribution in [1.29, 1.82) is 0 Å². The summed E-state index contributed by atoms with van der Waals surface area (Å²) in [4.78, 5) is 5.20. The van der Waals surface area contributed by atoms with Crippen LogP contribution >= 0.6 is 0 Å². The van der Waals surface area contributed by atoms with E-state index in [-0.39, 0.29) is 0 Å². The Morgan fingerprint density at radius 1 is 1.29 bits per heavy atom. The topological polar surface area (TPSA) is 18.5 Å². The van der Waals surface area contributed by atoms with Gasteiger partial charge in [0, 0.05) is 25.7 Å². The van der Waals surface area contributed by atoms with Crippen LogP contribution in [0, 0.1) is 5.92 Å². The molecule has 100 valence electrons. The summed E-state index contributed by atoms with van der Waals surface area (Å²) < 4.78 is 0. The van der Waals surface area contributed by atoms with Crippen LogP contribution in [0.2, 0.25) is 0 Å². The molecule has 3 heteroatoms. The maximum absolute atomic E-state index is 3.46. The summed E-state index contributed by atoms with van der Waals surface area (Å²) in [7, 11) is 2.27. The van der Waals surface area contributed by atoms with E-state index < -0.39 is 0 Å². The lowest BCUT2D eigenvalue weighted by molar-refractivity contribution is 0.0912. The lowest BCUT2D eigenvalue weighted by Crippen LogP contribution is -2.51. The fourth-order valence-electron chi connectivity index (χ4n) is 3.22. The van der Waals surface area contributed by atoms with Crippen molar-refractivity contribution < 1.29 is 0 Å². The highest BCUT2D eigenvalue weighted by atomic mass is 15.3. The first-order chi connectivity index (χ1) is 8.29. The molecule has 0 aromatic carbocycles. The minimum Gasteiger partial charge on any atom is -0.316 e. The Morgan fingerprint density at radius 3 is 2.88 bits per heavy atom. The minimum atomic E-state index is 0.789. The van der Waals surface area contributed by atoms with Crippen LogP contribution < -0.4 is 5.32 Å². The molecule has 2 aliphatic rings. The maximum Gasteiger partial charge on any atom is 0.0218 e. The molecule has 0 aromatic heterocycles. The third kappa shape index (κ3) is 3.94. The number of likely N-dealkylation sites (N-methyl/N-ethyl adjacent to an activating group) is 1. The van der Waals surface area contributed by atoms with Crippen molar-refractivity contribution in [2.75, 3.05) is 46.3 Å². The van der Waals surface area contributed by atoms with Gasteiger partial charge in [0.05, 0.1) is 0 Å². The quantitative estimate of drug-likeness (QED) is 0.782. The van der Waals surface area contributed by atoms with Gasteiger partial charge in [0.2, 0.25) is 0 Å². The Bertz CT molecular complexity index is 214. The van der Waals surface area contributed by atoms with Crippen LogP contribution in [0.25, 0.3) is 0 Å². The Hall–Kier alpha value is -0.120. The van der Waals surface area contributed by atoms with Crippen molar-refractivity contribution in [3.05, 3.63) is 0 Å². The zero-order chi connectivity index (χ0) is 12.1. The molecule has 2 heterocycles. The maximum atomic E-state index is 3.46. The molecule has 0 amide bonds. The van der Waals surface area contributed by atoms with Gasteiger partial charge in [-0.2, -0.15) is 0 Å². The Balaban J connectivity index is 1.62. The first-order valence-corrected chi connectivity index (χ1v) is 7.43.